The fraction of sp³-hybridized carbons (Fsp3) is 0.0741. The molecule has 1 heterocycles. The van der Waals surface area contributed by atoms with Crippen LogP contribution in [-0.2, 0) is 6.42 Å². The van der Waals surface area contributed by atoms with E-state index < -0.39 is 0 Å². The second-order valence-corrected chi connectivity index (χ2v) is 7.43. The molecular weight excluding hydrogens is 368 g/mol. The zero-order valence-electron chi connectivity index (χ0n) is 16.5. The Kier molecular flexibility index (Phi) is 4.88. The molecule has 0 aliphatic heterocycles. The van der Waals surface area contributed by atoms with E-state index in [4.69, 9.17) is 10.1 Å². The third kappa shape index (κ3) is 3.63. The summed E-state index contributed by atoms with van der Waals surface area (Å²) in [4.78, 5) is 4.93. The van der Waals surface area contributed by atoms with Crippen LogP contribution in [0.4, 0.5) is 11.4 Å². The summed E-state index contributed by atoms with van der Waals surface area (Å²) in [5, 5.41) is 16.2. The Hall–Kier alpha value is -3.69. The average Bonchev–Trinajstić information content (AvgIpc) is 2.80. The number of hydrogen-bond donors (Lipinski definition) is 2. The molecule has 0 fully saturated rings. The van der Waals surface area contributed by atoms with E-state index in [1.54, 1.807) is 0 Å². The van der Waals surface area contributed by atoms with Crippen LogP contribution in [0, 0.1) is 0 Å². The van der Waals surface area contributed by atoms with Gasteiger partial charge in [0.05, 0.1) is 16.9 Å². The molecule has 5 aromatic rings. The van der Waals surface area contributed by atoms with Crippen molar-refractivity contribution >= 4 is 33.1 Å². The molecule has 146 valence electrons. The van der Waals surface area contributed by atoms with Crippen LogP contribution >= 0.6 is 0 Å². The van der Waals surface area contributed by atoms with Crippen molar-refractivity contribution < 1.29 is 5.11 Å². The molecule has 0 aliphatic rings. The minimum atomic E-state index is 0.164. The zero-order chi connectivity index (χ0) is 20.3. The number of aliphatic hydroxyl groups is 1. The summed E-state index contributed by atoms with van der Waals surface area (Å²) < 4.78 is 0. The van der Waals surface area contributed by atoms with Crippen molar-refractivity contribution in [1.29, 1.82) is 0 Å². The minimum absolute atomic E-state index is 0.164. The Labute approximate surface area is 175 Å². The van der Waals surface area contributed by atoms with Crippen molar-refractivity contribution in [2.75, 3.05) is 11.9 Å². The maximum absolute atomic E-state index is 9.12. The Morgan fingerprint density at radius 1 is 0.733 bits per heavy atom. The number of fused-ring (bicyclic) bond motifs is 2. The summed E-state index contributed by atoms with van der Waals surface area (Å²) in [7, 11) is 0. The molecule has 0 aliphatic carbocycles. The molecular formula is C27H22N2O. The minimum Gasteiger partial charge on any atom is -0.396 e. The number of anilines is 2. The Morgan fingerprint density at radius 2 is 1.50 bits per heavy atom. The smallest absolute Gasteiger partial charge is 0.0730 e. The zero-order valence-corrected chi connectivity index (χ0v) is 16.5. The lowest BCUT2D eigenvalue weighted by atomic mass is 10.0. The van der Waals surface area contributed by atoms with Crippen LogP contribution in [0.2, 0.25) is 0 Å². The molecule has 0 amide bonds. The lowest BCUT2D eigenvalue weighted by molar-refractivity contribution is 0.299. The topological polar surface area (TPSA) is 45.1 Å². The van der Waals surface area contributed by atoms with E-state index in [0.29, 0.717) is 6.42 Å². The molecule has 0 unspecified atom stereocenters. The molecule has 30 heavy (non-hydrogen) atoms. The number of para-hydroxylation sites is 1. The maximum Gasteiger partial charge on any atom is 0.0730 e. The lowest BCUT2D eigenvalue weighted by Crippen LogP contribution is -1.96. The largest absolute Gasteiger partial charge is 0.396 e. The number of benzene rings is 4. The second-order valence-electron chi connectivity index (χ2n) is 7.43. The molecule has 3 nitrogen and oxygen atoms in total. The van der Waals surface area contributed by atoms with Crippen molar-refractivity contribution in [3.8, 4) is 11.3 Å². The average molecular weight is 390 g/mol. The molecule has 0 radical (unpaired) electrons. The van der Waals surface area contributed by atoms with Crippen molar-refractivity contribution in [2.45, 2.75) is 6.42 Å². The van der Waals surface area contributed by atoms with E-state index in [2.05, 4.69) is 78.1 Å². The third-order valence-corrected chi connectivity index (χ3v) is 5.39. The molecule has 0 spiro atoms. The van der Waals surface area contributed by atoms with Crippen LogP contribution in [0.15, 0.2) is 97.1 Å². The predicted molar refractivity (Wildman–Crippen MR) is 125 cm³/mol. The van der Waals surface area contributed by atoms with Gasteiger partial charge in [0.25, 0.3) is 0 Å². The van der Waals surface area contributed by atoms with Gasteiger partial charge in [0.2, 0.25) is 0 Å². The van der Waals surface area contributed by atoms with Gasteiger partial charge in [0.15, 0.2) is 0 Å². The summed E-state index contributed by atoms with van der Waals surface area (Å²) in [5.74, 6) is 0. The van der Waals surface area contributed by atoms with Gasteiger partial charge in [-0.15, -0.1) is 0 Å². The highest BCUT2D eigenvalue weighted by Gasteiger charge is 2.09. The first-order valence-corrected chi connectivity index (χ1v) is 10.2. The predicted octanol–water partition coefficient (Wildman–Crippen LogP) is 6.33. The van der Waals surface area contributed by atoms with Gasteiger partial charge in [-0.3, -0.25) is 0 Å². The van der Waals surface area contributed by atoms with Crippen LogP contribution in [0.25, 0.3) is 32.9 Å². The Bertz CT molecular complexity index is 1330. The van der Waals surface area contributed by atoms with Gasteiger partial charge in [-0.1, -0.05) is 66.7 Å². The number of hydrogen-bond acceptors (Lipinski definition) is 3. The van der Waals surface area contributed by atoms with Crippen molar-refractivity contribution in [3.05, 3.63) is 103 Å². The van der Waals surface area contributed by atoms with Crippen molar-refractivity contribution in [2.24, 2.45) is 0 Å². The Balaban J connectivity index is 1.58. The highest BCUT2D eigenvalue weighted by molar-refractivity contribution is 5.96. The number of nitrogens with zero attached hydrogens (tertiary/aromatic N) is 1. The van der Waals surface area contributed by atoms with Crippen LogP contribution in [0.3, 0.4) is 0 Å². The molecule has 0 atom stereocenters. The maximum atomic E-state index is 9.12. The third-order valence-electron chi connectivity index (χ3n) is 5.39. The molecule has 5 rings (SSSR count). The van der Waals surface area contributed by atoms with E-state index >= 15 is 0 Å². The van der Waals surface area contributed by atoms with Crippen LogP contribution in [0.1, 0.15) is 5.56 Å². The van der Waals surface area contributed by atoms with E-state index in [-0.39, 0.29) is 6.61 Å². The highest BCUT2D eigenvalue weighted by Crippen LogP contribution is 2.31. The monoisotopic (exact) mass is 390 g/mol. The van der Waals surface area contributed by atoms with Crippen molar-refractivity contribution in [3.63, 3.8) is 0 Å². The SMILES string of the molecule is OCCc1ccc(Nc2cc(-c3ccc4ccccc4c3)nc3ccccc23)cc1. The molecule has 0 saturated heterocycles. The summed E-state index contributed by atoms with van der Waals surface area (Å²) in [5.41, 5.74) is 6.16. The summed E-state index contributed by atoms with van der Waals surface area (Å²) in [6.07, 6.45) is 0.671. The van der Waals surface area contributed by atoms with Gasteiger partial charge in [-0.25, -0.2) is 4.98 Å². The first kappa shape index (κ1) is 18.3. The van der Waals surface area contributed by atoms with E-state index in [9.17, 15) is 0 Å². The van der Waals surface area contributed by atoms with Crippen LogP contribution < -0.4 is 5.32 Å². The first-order valence-electron chi connectivity index (χ1n) is 10.2. The molecule has 2 N–H and O–H groups in total. The molecule has 4 aromatic carbocycles. The molecule has 3 heteroatoms. The number of aromatic nitrogens is 1. The van der Waals surface area contributed by atoms with Crippen LogP contribution in [-0.4, -0.2) is 16.7 Å². The van der Waals surface area contributed by atoms with Gasteiger partial charge < -0.3 is 10.4 Å². The Morgan fingerprint density at radius 3 is 2.33 bits per heavy atom. The second kappa shape index (κ2) is 7.97. The standard InChI is InChI=1S/C27H22N2O/c30-16-15-19-9-13-23(14-10-19)28-27-18-26(29-25-8-4-3-7-24(25)27)22-12-11-20-5-1-2-6-21(20)17-22/h1-14,17-18,30H,15-16H2,(H,28,29). The van der Waals surface area contributed by atoms with Gasteiger partial charge >= 0.3 is 0 Å². The molecule has 1 aromatic heterocycles. The normalized spacial score (nSPS) is 11.1. The fourth-order valence-electron chi connectivity index (χ4n) is 3.81. The highest BCUT2D eigenvalue weighted by atomic mass is 16.2. The van der Waals surface area contributed by atoms with Gasteiger partial charge in [-0.05, 0) is 53.1 Å². The van der Waals surface area contributed by atoms with E-state index in [1.807, 2.05) is 24.3 Å². The summed E-state index contributed by atoms with van der Waals surface area (Å²) in [6.45, 7) is 0.164. The van der Waals surface area contributed by atoms with Gasteiger partial charge in [-0.2, -0.15) is 0 Å². The first-order chi connectivity index (χ1) is 14.8. The molecule has 0 saturated carbocycles. The fourth-order valence-corrected chi connectivity index (χ4v) is 3.81. The molecule has 0 bridgehead atoms. The number of aliphatic hydroxyl groups excluding tert-OH is 1. The van der Waals surface area contributed by atoms with Crippen LogP contribution in [0.5, 0.6) is 0 Å². The number of pyridine rings is 1. The lowest BCUT2D eigenvalue weighted by Gasteiger charge is -2.13. The number of rotatable bonds is 5. The summed E-state index contributed by atoms with van der Waals surface area (Å²) >= 11 is 0. The van der Waals surface area contributed by atoms with Crippen molar-refractivity contribution in [1.82, 2.24) is 4.98 Å². The quantitative estimate of drug-likeness (QED) is 0.368. The van der Waals surface area contributed by atoms with E-state index in [0.717, 1.165) is 39.1 Å². The van der Waals surface area contributed by atoms with Gasteiger partial charge in [0, 0.05) is 23.2 Å². The van der Waals surface area contributed by atoms with Gasteiger partial charge in [0.1, 0.15) is 0 Å². The van der Waals surface area contributed by atoms with E-state index in [1.165, 1.54) is 10.8 Å². The number of nitrogens with one attached hydrogen (secondary N) is 1. The summed E-state index contributed by atoms with van der Waals surface area (Å²) in [6, 6.07) is 33.4.